The maximum atomic E-state index is 11.6. The Kier molecular flexibility index (Phi) is 2.87. The molecular weight excluding hydrogens is 196 g/mol. The minimum absolute atomic E-state index is 0.149. The molecule has 3 heteroatoms. The van der Waals surface area contributed by atoms with Gasteiger partial charge >= 0.3 is 5.97 Å². The molecular formula is C11H14O2S. The van der Waals surface area contributed by atoms with Gasteiger partial charge in [-0.3, -0.25) is 0 Å². The molecule has 0 radical (unpaired) electrons. The van der Waals surface area contributed by atoms with E-state index in [4.69, 9.17) is 4.74 Å². The summed E-state index contributed by atoms with van der Waals surface area (Å²) in [5.41, 5.74) is 1.21. The van der Waals surface area contributed by atoms with Crippen LogP contribution < -0.4 is 0 Å². The second kappa shape index (κ2) is 4.13. The summed E-state index contributed by atoms with van der Waals surface area (Å²) >= 11 is 1.50. The van der Waals surface area contributed by atoms with Gasteiger partial charge in [-0.1, -0.05) is 6.42 Å². The highest BCUT2D eigenvalue weighted by Crippen LogP contribution is 2.39. The Labute approximate surface area is 87.9 Å². The van der Waals surface area contributed by atoms with Crippen molar-refractivity contribution in [3.63, 3.8) is 0 Å². The zero-order valence-electron chi connectivity index (χ0n) is 8.29. The summed E-state index contributed by atoms with van der Waals surface area (Å²) in [6, 6.07) is 2.07. The number of thiophene rings is 1. The van der Waals surface area contributed by atoms with Gasteiger partial charge in [-0.2, -0.15) is 0 Å². The van der Waals surface area contributed by atoms with E-state index in [9.17, 15) is 4.79 Å². The maximum Gasteiger partial charge on any atom is 0.348 e. The van der Waals surface area contributed by atoms with E-state index >= 15 is 0 Å². The van der Waals surface area contributed by atoms with E-state index in [1.807, 2.05) is 12.3 Å². The predicted octanol–water partition coefficient (Wildman–Crippen LogP) is 3.19. The van der Waals surface area contributed by atoms with E-state index in [1.165, 1.54) is 36.2 Å². The lowest BCUT2D eigenvalue weighted by Crippen LogP contribution is -2.13. The molecule has 0 atom stereocenters. The average Bonchev–Trinajstić information content (AvgIpc) is 2.50. The molecule has 0 N–H and O–H groups in total. The molecule has 0 amide bonds. The van der Waals surface area contributed by atoms with Crippen molar-refractivity contribution in [2.45, 2.75) is 32.1 Å². The fourth-order valence-corrected chi connectivity index (χ4v) is 2.60. The number of hydrogen-bond acceptors (Lipinski definition) is 3. The quantitative estimate of drug-likeness (QED) is 0.716. The Hall–Kier alpha value is -0.830. The normalized spacial score (nSPS) is 16.4. The summed E-state index contributed by atoms with van der Waals surface area (Å²) in [7, 11) is 0. The third-order valence-electron chi connectivity index (χ3n) is 2.70. The number of rotatable bonds is 3. The Morgan fingerprint density at radius 1 is 1.64 bits per heavy atom. The number of esters is 1. The van der Waals surface area contributed by atoms with Gasteiger partial charge in [0.05, 0.1) is 6.61 Å². The van der Waals surface area contributed by atoms with Gasteiger partial charge in [0.25, 0.3) is 0 Å². The van der Waals surface area contributed by atoms with E-state index < -0.39 is 0 Å². The molecule has 1 aliphatic rings. The van der Waals surface area contributed by atoms with Crippen LogP contribution in [-0.2, 0) is 4.74 Å². The van der Waals surface area contributed by atoms with Gasteiger partial charge in [0, 0.05) is 0 Å². The first-order valence-corrected chi connectivity index (χ1v) is 5.95. The molecule has 2 rings (SSSR count). The van der Waals surface area contributed by atoms with Crippen molar-refractivity contribution in [2.24, 2.45) is 0 Å². The molecule has 1 saturated carbocycles. The van der Waals surface area contributed by atoms with Gasteiger partial charge < -0.3 is 4.74 Å². The van der Waals surface area contributed by atoms with E-state index in [0.29, 0.717) is 12.5 Å². The highest BCUT2D eigenvalue weighted by Gasteiger charge is 2.25. The van der Waals surface area contributed by atoms with Crippen molar-refractivity contribution in [3.05, 3.63) is 21.9 Å². The maximum absolute atomic E-state index is 11.6. The fourth-order valence-electron chi connectivity index (χ4n) is 1.72. The second-order valence-electron chi connectivity index (χ2n) is 3.55. The summed E-state index contributed by atoms with van der Waals surface area (Å²) in [4.78, 5) is 12.4. The van der Waals surface area contributed by atoms with Gasteiger partial charge in [0.2, 0.25) is 0 Å². The van der Waals surface area contributed by atoms with Crippen molar-refractivity contribution in [1.82, 2.24) is 0 Å². The first kappa shape index (κ1) is 9.71. The lowest BCUT2D eigenvalue weighted by molar-refractivity contribution is 0.0530. The predicted molar refractivity (Wildman–Crippen MR) is 56.9 cm³/mol. The minimum Gasteiger partial charge on any atom is -0.462 e. The topological polar surface area (TPSA) is 26.3 Å². The van der Waals surface area contributed by atoms with Gasteiger partial charge in [-0.05, 0) is 42.7 Å². The Morgan fingerprint density at radius 2 is 2.43 bits per heavy atom. The summed E-state index contributed by atoms with van der Waals surface area (Å²) in [5, 5.41) is 1.99. The van der Waals surface area contributed by atoms with Crippen LogP contribution in [0, 0.1) is 0 Å². The first-order valence-electron chi connectivity index (χ1n) is 5.07. The molecule has 2 nitrogen and oxygen atoms in total. The average molecular weight is 210 g/mol. The standard InChI is InChI=1S/C11H14O2S/c1-2-13-11(12)10-9(6-7-14-10)8-4-3-5-8/h6-8H,2-5H2,1H3. The molecule has 14 heavy (non-hydrogen) atoms. The smallest absolute Gasteiger partial charge is 0.348 e. The van der Waals surface area contributed by atoms with Crippen LogP contribution in [-0.4, -0.2) is 12.6 Å². The first-order chi connectivity index (χ1) is 6.83. The second-order valence-corrected chi connectivity index (χ2v) is 4.47. The van der Waals surface area contributed by atoms with Gasteiger partial charge in [0.15, 0.2) is 0 Å². The summed E-state index contributed by atoms with van der Waals surface area (Å²) in [6.45, 7) is 2.30. The van der Waals surface area contributed by atoms with Crippen LogP contribution in [0.25, 0.3) is 0 Å². The van der Waals surface area contributed by atoms with Crippen molar-refractivity contribution in [3.8, 4) is 0 Å². The van der Waals surface area contributed by atoms with E-state index in [1.54, 1.807) is 0 Å². The molecule has 1 heterocycles. The molecule has 1 aromatic heterocycles. The van der Waals surface area contributed by atoms with Crippen LogP contribution in [0.4, 0.5) is 0 Å². The van der Waals surface area contributed by atoms with Crippen molar-refractivity contribution >= 4 is 17.3 Å². The SMILES string of the molecule is CCOC(=O)c1sccc1C1CCC1. The summed E-state index contributed by atoms with van der Waals surface area (Å²) in [5.74, 6) is 0.463. The van der Waals surface area contributed by atoms with Crippen LogP contribution in [0.1, 0.15) is 47.3 Å². The molecule has 0 saturated heterocycles. The van der Waals surface area contributed by atoms with E-state index in [-0.39, 0.29) is 5.97 Å². The summed E-state index contributed by atoms with van der Waals surface area (Å²) < 4.78 is 5.02. The Bertz CT molecular complexity index is 326. The molecule has 1 aliphatic carbocycles. The van der Waals surface area contributed by atoms with Gasteiger partial charge in [-0.25, -0.2) is 4.79 Å². The van der Waals surface area contributed by atoms with Gasteiger partial charge in [-0.15, -0.1) is 11.3 Å². The van der Waals surface area contributed by atoms with Crippen LogP contribution in [0.15, 0.2) is 11.4 Å². The lowest BCUT2D eigenvalue weighted by atomic mass is 9.80. The molecule has 0 aliphatic heterocycles. The van der Waals surface area contributed by atoms with Crippen LogP contribution >= 0.6 is 11.3 Å². The van der Waals surface area contributed by atoms with Crippen molar-refractivity contribution < 1.29 is 9.53 Å². The third-order valence-corrected chi connectivity index (χ3v) is 3.61. The summed E-state index contributed by atoms with van der Waals surface area (Å²) in [6.07, 6.45) is 3.75. The number of carbonyl (C=O) groups is 1. The lowest BCUT2D eigenvalue weighted by Gasteiger charge is -2.25. The van der Waals surface area contributed by atoms with E-state index in [2.05, 4.69) is 6.07 Å². The third kappa shape index (κ3) is 1.69. The number of carbonyl (C=O) groups excluding carboxylic acids is 1. The van der Waals surface area contributed by atoms with Crippen LogP contribution in [0.5, 0.6) is 0 Å². The molecule has 0 unspecified atom stereocenters. The van der Waals surface area contributed by atoms with Crippen molar-refractivity contribution in [2.75, 3.05) is 6.61 Å². The van der Waals surface area contributed by atoms with E-state index in [0.717, 1.165) is 4.88 Å². The molecule has 76 valence electrons. The Balaban J connectivity index is 2.16. The Morgan fingerprint density at radius 3 is 3.00 bits per heavy atom. The molecule has 0 aromatic carbocycles. The molecule has 1 aromatic rings. The fraction of sp³-hybridized carbons (Fsp3) is 0.545. The van der Waals surface area contributed by atoms with Crippen LogP contribution in [0.3, 0.4) is 0 Å². The van der Waals surface area contributed by atoms with Crippen LogP contribution in [0.2, 0.25) is 0 Å². The number of ether oxygens (including phenoxy) is 1. The molecule has 1 fully saturated rings. The number of hydrogen-bond donors (Lipinski definition) is 0. The van der Waals surface area contributed by atoms with Gasteiger partial charge in [0.1, 0.15) is 4.88 Å². The zero-order valence-corrected chi connectivity index (χ0v) is 9.10. The highest BCUT2D eigenvalue weighted by atomic mass is 32.1. The largest absolute Gasteiger partial charge is 0.462 e. The monoisotopic (exact) mass is 210 g/mol. The van der Waals surface area contributed by atoms with Crippen molar-refractivity contribution in [1.29, 1.82) is 0 Å². The minimum atomic E-state index is -0.149. The molecule has 0 spiro atoms. The zero-order chi connectivity index (χ0) is 9.97. The molecule has 0 bridgehead atoms. The highest BCUT2D eigenvalue weighted by molar-refractivity contribution is 7.12.